The zero-order chi connectivity index (χ0) is 39.4. The lowest BCUT2D eigenvalue weighted by Gasteiger charge is -2.29. The van der Waals surface area contributed by atoms with Crippen molar-refractivity contribution in [1.82, 2.24) is 0 Å². The van der Waals surface area contributed by atoms with E-state index < -0.39 is 0 Å². The Hall–Kier alpha value is -6.90. The molecule has 2 aliphatic carbocycles. The van der Waals surface area contributed by atoms with Crippen LogP contribution in [-0.2, 0) is 10.8 Å². The molecule has 0 amide bonds. The fourth-order valence-corrected chi connectivity index (χ4v) is 9.37. The van der Waals surface area contributed by atoms with Crippen molar-refractivity contribution in [3.63, 3.8) is 0 Å². The van der Waals surface area contributed by atoms with Crippen molar-refractivity contribution in [2.75, 3.05) is 9.80 Å². The maximum absolute atomic E-state index is 2.44. The van der Waals surface area contributed by atoms with Crippen LogP contribution >= 0.6 is 0 Å². The third kappa shape index (κ3) is 5.96. The van der Waals surface area contributed by atoms with Crippen LogP contribution in [0.15, 0.2) is 194 Å². The third-order valence-electron chi connectivity index (χ3n) is 12.5. The molecule has 0 radical (unpaired) electrons. The predicted molar refractivity (Wildman–Crippen MR) is 246 cm³/mol. The maximum atomic E-state index is 2.44. The van der Waals surface area contributed by atoms with E-state index >= 15 is 0 Å². The van der Waals surface area contributed by atoms with Gasteiger partial charge in [-0.15, -0.1) is 0 Å². The molecule has 0 unspecified atom stereocenters. The number of benzene rings is 8. The first-order chi connectivity index (χ1) is 28.3. The molecule has 8 aromatic rings. The molecule has 0 aliphatic heterocycles. The number of rotatable bonds is 8. The van der Waals surface area contributed by atoms with Crippen molar-refractivity contribution in [2.45, 2.75) is 38.5 Å². The number of hydrogen-bond acceptors (Lipinski definition) is 2. The van der Waals surface area contributed by atoms with E-state index in [-0.39, 0.29) is 10.8 Å². The van der Waals surface area contributed by atoms with E-state index in [1.165, 1.54) is 44.5 Å². The highest BCUT2D eigenvalue weighted by Gasteiger charge is 2.37. The van der Waals surface area contributed by atoms with Gasteiger partial charge in [0.15, 0.2) is 0 Å². The molecule has 0 spiro atoms. The van der Waals surface area contributed by atoms with Crippen molar-refractivity contribution < 1.29 is 0 Å². The Morgan fingerprint density at radius 2 is 0.603 bits per heavy atom. The minimum atomic E-state index is -0.0938. The van der Waals surface area contributed by atoms with Gasteiger partial charge in [-0.1, -0.05) is 161 Å². The van der Waals surface area contributed by atoms with E-state index in [9.17, 15) is 0 Å². The molecule has 0 saturated carbocycles. The molecule has 0 N–H and O–H groups in total. The van der Waals surface area contributed by atoms with Gasteiger partial charge in [0.05, 0.1) is 0 Å². The summed E-state index contributed by atoms with van der Waals surface area (Å²) in [4.78, 5) is 4.73. The molecule has 2 heteroatoms. The van der Waals surface area contributed by atoms with E-state index in [4.69, 9.17) is 0 Å². The Labute approximate surface area is 343 Å². The lowest BCUT2D eigenvalue weighted by atomic mass is 9.82. The van der Waals surface area contributed by atoms with Gasteiger partial charge in [-0.25, -0.2) is 0 Å². The number of nitrogens with zero attached hydrogens (tertiary/aromatic N) is 2. The Morgan fingerprint density at radius 3 is 1.02 bits per heavy atom. The Balaban J connectivity index is 0.988. The topological polar surface area (TPSA) is 6.48 Å². The first kappa shape index (κ1) is 35.5. The first-order valence-electron chi connectivity index (χ1n) is 20.3. The summed E-state index contributed by atoms with van der Waals surface area (Å²) in [6, 6.07) is 70.8. The van der Waals surface area contributed by atoms with E-state index in [0.29, 0.717) is 0 Å². The van der Waals surface area contributed by atoms with Gasteiger partial charge < -0.3 is 9.80 Å². The van der Waals surface area contributed by atoms with Gasteiger partial charge >= 0.3 is 0 Å². The molecule has 2 aliphatic rings. The van der Waals surface area contributed by atoms with Crippen LogP contribution in [0.1, 0.15) is 61.1 Å². The highest BCUT2D eigenvalue weighted by Crippen LogP contribution is 2.53. The van der Waals surface area contributed by atoms with Crippen LogP contribution < -0.4 is 9.80 Å². The predicted octanol–water partition coefficient (Wildman–Crippen LogP) is 15.4. The fourth-order valence-electron chi connectivity index (χ4n) is 9.37. The molecule has 0 bridgehead atoms. The Bertz CT molecular complexity index is 2670. The zero-order valence-corrected chi connectivity index (χ0v) is 33.5. The van der Waals surface area contributed by atoms with Gasteiger partial charge in [0.25, 0.3) is 0 Å². The summed E-state index contributed by atoms with van der Waals surface area (Å²) >= 11 is 0. The molecule has 280 valence electrons. The van der Waals surface area contributed by atoms with Gasteiger partial charge in [0.1, 0.15) is 0 Å². The summed E-state index contributed by atoms with van der Waals surface area (Å²) in [5.41, 5.74) is 19.8. The normalized spacial score (nSPS) is 14.1. The highest BCUT2D eigenvalue weighted by atomic mass is 15.1. The summed E-state index contributed by atoms with van der Waals surface area (Å²) in [5.74, 6) is 0. The molecule has 2 nitrogen and oxygen atoms in total. The number of hydrogen-bond donors (Lipinski definition) is 0. The minimum absolute atomic E-state index is 0.0938. The molecular weight excluding hydrogens is 701 g/mol. The van der Waals surface area contributed by atoms with Crippen LogP contribution in [0.2, 0.25) is 0 Å². The lowest BCUT2D eigenvalue weighted by Crippen LogP contribution is -2.18. The van der Waals surface area contributed by atoms with E-state index in [1.54, 1.807) is 0 Å². The van der Waals surface area contributed by atoms with E-state index in [2.05, 4.69) is 244 Å². The van der Waals surface area contributed by atoms with Crippen LogP contribution in [0, 0.1) is 0 Å². The lowest BCUT2D eigenvalue weighted by molar-refractivity contribution is 0.660. The summed E-state index contributed by atoms with van der Waals surface area (Å²) < 4.78 is 0. The Morgan fingerprint density at radius 1 is 0.293 bits per heavy atom. The Kier molecular flexibility index (Phi) is 8.53. The standard InChI is InChI=1S/C56H46N2/c1-55(2)51-21-13-11-19-47(51)49-35-33-45(37-53(49)55)58(46-34-36-50-48-20-12-14-22-52(48)56(3,4)54(50)38-46)44-31-27-40(28-32-44)24-23-39-25-29-43(30-26-39)57(41-15-7-5-8-16-41)42-17-9-6-10-18-42/h5-38H,1-4H3. The molecule has 0 fully saturated rings. The molecule has 0 atom stereocenters. The molecule has 8 aromatic carbocycles. The van der Waals surface area contributed by atoms with Crippen molar-refractivity contribution in [2.24, 2.45) is 0 Å². The second-order valence-corrected chi connectivity index (χ2v) is 16.7. The second kappa shape index (κ2) is 13.9. The van der Waals surface area contributed by atoms with Gasteiger partial charge in [0.2, 0.25) is 0 Å². The minimum Gasteiger partial charge on any atom is -0.311 e. The number of anilines is 6. The fraction of sp³-hybridized carbons (Fsp3) is 0.107. The number of para-hydroxylation sites is 2. The van der Waals surface area contributed by atoms with Crippen molar-refractivity contribution >= 4 is 46.3 Å². The average molecular weight is 747 g/mol. The van der Waals surface area contributed by atoms with Crippen LogP contribution in [0.3, 0.4) is 0 Å². The average Bonchev–Trinajstić information content (AvgIpc) is 3.64. The van der Waals surface area contributed by atoms with Crippen molar-refractivity contribution in [3.05, 3.63) is 228 Å². The smallest absolute Gasteiger partial charge is 0.0465 e. The molecule has 0 aromatic heterocycles. The van der Waals surface area contributed by atoms with Gasteiger partial charge in [-0.3, -0.25) is 0 Å². The largest absolute Gasteiger partial charge is 0.311 e. The van der Waals surface area contributed by atoms with Crippen molar-refractivity contribution in [3.8, 4) is 22.3 Å². The third-order valence-corrected chi connectivity index (χ3v) is 12.5. The van der Waals surface area contributed by atoms with Gasteiger partial charge in [0, 0.05) is 45.0 Å². The monoisotopic (exact) mass is 746 g/mol. The quantitative estimate of drug-likeness (QED) is 0.143. The van der Waals surface area contributed by atoms with Crippen LogP contribution in [0.5, 0.6) is 0 Å². The molecule has 0 saturated heterocycles. The van der Waals surface area contributed by atoms with Crippen LogP contribution in [0.4, 0.5) is 34.1 Å². The SMILES string of the molecule is CC1(C)c2ccccc2-c2ccc(N(c3ccc(C=Cc4ccc(N(c5ccccc5)c5ccccc5)cc4)cc3)c3ccc4c(c3)C(C)(C)c3ccccc3-4)cc21. The number of fused-ring (bicyclic) bond motifs is 6. The van der Waals surface area contributed by atoms with Crippen molar-refractivity contribution in [1.29, 1.82) is 0 Å². The highest BCUT2D eigenvalue weighted by molar-refractivity contribution is 5.88. The molecular formula is C56H46N2. The molecule has 0 heterocycles. The van der Waals surface area contributed by atoms with Crippen LogP contribution in [-0.4, -0.2) is 0 Å². The van der Waals surface area contributed by atoms with Gasteiger partial charge in [-0.2, -0.15) is 0 Å². The molecule has 10 rings (SSSR count). The zero-order valence-electron chi connectivity index (χ0n) is 33.5. The first-order valence-corrected chi connectivity index (χ1v) is 20.3. The summed E-state index contributed by atoms with van der Waals surface area (Å²) in [6.07, 6.45) is 4.41. The molecule has 58 heavy (non-hydrogen) atoms. The second-order valence-electron chi connectivity index (χ2n) is 16.7. The summed E-state index contributed by atoms with van der Waals surface area (Å²) in [7, 11) is 0. The maximum Gasteiger partial charge on any atom is 0.0465 e. The van der Waals surface area contributed by atoms with Crippen LogP contribution in [0.25, 0.3) is 34.4 Å². The van der Waals surface area contributed by atoms with E-state index in [0.717, 1.165) is 45.3 Å². The summed E-state index contributed by atoms with van der Waals surface area (Å²) in [6.45, 7) is 9.44. The van der Waals surface area contributed by atoms with E-state index in [1.807, 2.05) is 0 Å². The van der Waals surface area contributed by atoms with Gasteiger partial charge in [-0.05, 0) is 128 Å². The summed E-state index contributed by atoms with van der Waals surface area (Å²) in [5, 5.41) is 0.